The van der Waals surface area contributed by atoms with Gasteiger partial charge in [0.15, 0.2) is 0 Å². The molecular weight excluding hydrogens is 287 g/mol. The summed E-state index contributed by atoms with van der Waals surface area (Å²) in [5.41, 5.74) is 2.93. The molecule has 1 heterocycles. The Kier molecular flexibility index (Phi) is 5.01. The van der Waals surface area contributed by atoms with Crippen LogP contribution in [-0.4, -0.2) is 11.5 Å². The Labute approximate surface area is 121 Å². The second-order valence-electron chi connectivity index (χ2n) is 3.95. The Morgan fingerprint density at radius 1 is 1.39 bits per heavy atom. The molecule has 1 aromatic carbocycles. The molecule has 0 aliphatic heterocycles. The number of hydrogen-bond donors (Lipinski definition) is 1. The second-order valence-corrected chi connectivity index (χ2v) is 5.76. The van der Waals surface area contributed by atoms with E-state index in [4.69, 9.17) is 23.2 Å². The fourth-order valence-electron chi connectivity index (χ4n) is 1.87. The Hall–Kier alpha value is -0.610. The summed E-state index contributed by atoms with van der Waals surface area (Å²) in [4.78, 5) is 5.34. The molecule has 1 unspecified atom stereocenters. The van der Waals surface area contributed by atoms with Crippen molar-refractivity contribution in [2.75, 3.05) is 6.54 Å². The number of nitrogens with zero attached hydrogens (tertiary/aromatic N) is 1. The fourth-order valence-corrected chi connectivity index (χ4v) is 3.05. The summed E-state index contributed by atoms with van der Waals surface area (Å²) in [6.07, 6.45) is 2.79. The lowest BCUT2D eigenvalue weighted by Gasteiger charge is -2.19. The van der Waals surface area contributed by atoms with Crippen molar-refractivity contribution >= 4 is 34.5 Å². The standard InChI is InChI=1S/C13H14Cl2N2S/c1-2-17-13(6-10-7-16-8-18-10)11-4-3-9(14)5-12(11)15/h3-5,7-8,13,17H,2,6H2,1H3. The van der Waals surface area contributed by atoms with Crippen molar-refractivity contribution in [1.29, 1.82) is 0 Å². The van der Waals surface area contributed by atoms with E-state index >= 15 is 0 Å². The first-order valence-corrected chi connectivity index (χ1v) is 7.40. The summed E-state index contributed by atoms with van der Waals surface area (Å²) in [6, 6.07) is 5.84. The predicted molar refractivity (Wildman–Crippen MR) is 78.7 cm³/mol. The van der Waals surface area contributed by atoms with Gasteiger partial charge in [-0.15, -0.1) is 11.3 Å². The molecule has 1 atom stereocenters. The molecule has 2 aromatic rings. The number of aromatic nitrogens is 1. The van der Waals surface area contributed by atoms with E-state index in [1.807, 2.05) is 23.8 Å². The van der Waals surface area contributed by atoms with E-state index in [2.05, 4.69) is 17.2 Å². The SMILES string of the molecule is CCNC(Cc1cncs1)c1ccc(Cl)cc1Cl. The molecule has 0 spiro atoms. The van der Waals surface area contributed by atoms with Gasteiger partial charge in [0, 0.05) is 33.6 Å². The van der Waals surface area contributed by atoms with Crippen LogP contribution in [-0.2, 0) is 6.42 Å². The summed E-state index contributed by atoms with van der Waals surface area (Å²) in [5, 5.41) is 4.82. The van der Waals surface area contributed by atoms with Gasteiger partial charge in [-0.25, -0.2) is 0 Å². The Balaban J connectivity index is 2.23. The average Bonchev–Trinajstić information content (AvgIpc) is 2.81. The highest BCUT2D eigenvalue weighted by Crippen LogP contribution is 2.29. The molecule has 1 N–H and O–H groups in total. The fraction of sp³-hybridized carbons (Fsp3) is 0.308. The minimum absolute atomic E-state index is 0.195. The van der Waals surface area contributed by atoms with Gasteiger partial charge in [0.05, 0.1) is 5.51 Å². The first-order valence-electron chi connectivity index (χ1n) is 5.76. The van der Waals surface area contributed by atoms with Gasteiger partial charge in [0.25, 0.3) is 0 Å². The maximum Gasteiger partial charge on any atom is 0.0794 e. The van der Waals surface area contributed by atoms with Crippen molar-refractivity contribution in [3.05, 3.63) is 50.4 Å². The third-order valence-electron chi connectivity index (χ3n) is 2.68. The van der Waals surface area contributed by atoms with Crippen LogP contribution in [0.3, 0.4) is 0 Å². The average molecular weight is 301 g/mol. The van der Waals surface area contributed by atoms with Crippen molar-refractivity contribution in [3.8, 4) is 0 Å². The van der Waals surface area contributed by atoms with Crippen LogP contribution in [0.25, 0.3) is 0 Å². The van der Waals surface area contributed by atoms with Gasteiger partial charge in [-0.2, -0.15) is 0 Å². The molecule has 2 rings (SSSR count). The Morgan fingerprint density at radius 3 is 2.83 bits per heavy atom. The summed E-state index contributed by atoms with van der Waals surface area (Å²) < 4.78 is 0. The molecule has 5 heteroatoms. The minimum atomic E-state index is 0.195. The van der Waals surface area contributed by atoms with Crippen molar-refractivity contribution in [2.45, 2.75) is 19.4 Å². The topological polar surface area (TPSA) is 24.9 Å². The van der Waals surface area contributed by atoms with E-state index in [9.17, 15) is 0 Å². The maximum absolute atomic E-state index is 6.26. The summed E-state index contributed by atoms with van der Waals surface area (Å²) in [7, 11) is 0. The summed E-state index contributed by atoms with van der Waals surface area (Å²) >= 11 is 13.9. The molecular formula is C13H14Cl2N2S. The van der Waals surface area contributed by atoms with Gasteiger partial charge in [0.2, 0.25) is 0 Å². The lowest BCUT2D eigenvalue weighted by Crippen LogP contribution is -2.23. The molecule has 0 bridgehead atoms. The zero-order chi connectivity index (χ0) is 13.0. The molecule has 0 saturated carbocycles. The quantitative estimate of drug-likeness (QED) is 0.888. The van der Waals surface area contributed by atoms with E-state index in [1.54, 1.807) is 17.4 Å². The number of rotatable bonds is 5. The third kappa shape index (κ3) is 3.45. The lowest BCUT2D eigenvalue weighted by molar-refractivity contribution is 0.553. The molecule has 0 amide bonds. The first-order chi connectivity index (χ1) is 8.70. The van der Waals surface area contributed by atoms with E-state index in [0.29, 0.717) is 10.0 Å². The molecule has 18 heavy (non-hydrogen) atoms. The van der Waals surface area contributed by atoms with Crippen LogP contribution in [0.15, 0.2) is 29.9 Å². The molecule has 96 valence electrons. The lowest BCUT2D eigenvalue weighted by atomic mass is 10.0. The van der Waals surface area contributed by atoms with Gasteiger partial charge in [-0.3, -0.25) is 4.98 Å². The van der Waals surface area contributed by atoms with E-state index in [0.717, 1.165) is 18.5 Å². The van der Waals surface area contributed by atoms with Gasteiger partial charge >= 0.3 is 0 Å². The van der Waals surface area contributed by atoms with Crippen molar-refractivity contribution in [1.82, 2.24) is 10.3 Å². The smallest absolute Gasteiger partial charge is 0.0794 e. The zero-order valence-corrected chi connectivity index (χ0v) is 12.3. The van der Waals surface area contributed by atoms with Crippen LogP contribution in [0.5, 0.6) is 0 Å². The minimum Gasteiger partial charge on any atom is -0.310 e. The molecule has 2 nitrogen and oxygen atoms in total. The van der Waals surface area contributed by atoms with Gasteiger partial charge in [-0.1, -0.05) is 36.2 Å². The van der Waals surface area contributed by atoms with Crippen LogP contribution < -0.4 is 5.32 Å². The molecule has 0 aliphatic rings. The summed E-state index contributed by atoms with van der Waals surface area (Å²) in [5.74, 6) is 0. The van der Waals surface area contributed by atoms with Crippen molar-refractivity contribution in [3.63, 3.8) is 0 Å². The van der Waals surface area contributed by atoms with E-state index in [1.165, 1.54) is 4.88 Å². The largest absolute Gasteiger partial charge is 0.310 e. The van der Waals surface area contributed by atoms with Crippen molar-refractivity contribution in [2.24, 2.45) is 0 Å². The highest BCUT2D eigenvalue weighted by atomic mass is 35.5. The number of halogens is 2. The summed E-state index contributed by atoms with van der Waals surface area (Å²) in [6.45, 7) is 2.98. The number of thiazole rings is 1. The van der Waals surface area contributed by atoms with E-state index in [-0.39, 0.29) is 6.04 Å². The van der Waals surface area contributed by atoms with Crippen molar-refractivity contribution < 1.29 is 0 Å². The Morgan fingerprint density at radius 2 is 2.22 bits per heavy atom. The molecule has 1 aromatic heterocycles. The van der Waals surface area contributed by atoms with Gasteiger partial charge < -0.3 is 5.32 Å². The maximum atomic E-state index is 6.26. The van der Waals surface area contributed by atoms with Crippen LogP contribution in [0.1, 0.15) is 23.4 Å². The first kappa shape index (κ1) is 13.8. The number of nitrogens with one attached hydrogen (secondary N) is 1. The Bertz CT molecular complexity index is 500. The van der Waals surface area contributed by atoms with Crippen LogP contribution >= 0.6 is 34.5 Å². The molecule has 0 fully saturated rings. The molecule has 0 saturated heterocycles. The monoisotopic (exact) mass is 300 g/mol. The zero-order valence-electron chi connectivity index (χ0n) is 9.99. The highest BCUT2D eigenvalue weighted by molar-refractivity contribution is 7.09. The molecule has 0 radical (unpaired) electrons. The van der Waals surface area contributed by atoms with Crippen LogP contribution in [0.4, 0.5) is 0 Å². The predicted octanol–water partition coefficient (Wildman–Crippen LogP) is 4.34. The number of likely N-dealkylation sites (N-methyl/N-ethyl adjacent to an activating group) is 1. The van der Waals surface area contributed by atoms with E-state index < -0.39 is 0 Å². The van der Waals surface area contributed by atoms with Crippen LogP contribution in [0, 0.1) is 0 Å². The van der Waals surface area contributed by atoms with Gasteiger partial charge in [0.1, 0.15) is 0 Å². The van der Waals surface area contributed by atoms with Crippen LogP contribution in [0.2, 0.25) is 10.0 Å². The van der Waals surface area contributed by atoms with Gasteiger partial charge in [-0.05, 0) is 24.2 Å². The normalized spacial score (nSPS) is 12.6. The molecule has 0 aliphatic carbocycles. The highest BCUT2D eigenvalue weighted by Gasteiger charge is 2.15. The number of benzene rings is 1. The second kappa shape index (κ2) is 6.53. The number of hydrogen-bond acceptors (Lipinski definition) is 3. The third-order valence-corrected chi connectivity index (χ3v) is 4.04.